The number of anilines is 1. The van der Waals surface area contributed by atoms with Crippen LogP contribution in [0.3, 0.4) is 0 Å². The van der Waals surface area contributed by atoms with E-state index < -0.39 is 0 Å². The molecule has 0 atom stereocenters. The normalized spacial score (nSPS) is 10.5. The lowest BCUT2D eigenvalue weighted by Crippen LogP contribution is -2.13. The third-order valence-electron chi connectivity index (χ3n) is 3.27. The van der Waals surface area contributed by atoms with E-state index in [1.807, 2.05) is 19.1 Å². The number of rotatable bonds is 7. The fourth-order valence-electron chi connectivity index (χ4n) is 2.10. The molecule has 0 bridgehead atoms. The lowest BCUT2D eigenvalue weighted by Gasteiger charge is -2.06. The summed E-state index contributed by atoms with van der Waals surface area (Å²) in [5, 5.41) is 11.7. The Balaban J connectivity index is 1.52. The summed E-state index contributed by atoms with van der Waals surface area (Å²) in [6, 6.07) is 14.3. The molecule has 2 aromatic carbocycles. The molecule has 26 heavy (non-hydrogen) atoms. The van der Waals surface area contributed by atoms with Crippen LogP contribution >= 0.6 is 23.4 Å². The molecule has 6 nitrogen and oxygen atoms in total. The van der Waals surface area contributed by atoms with Crippen LogP contribution < -0.4 is 10.1 Å². The zero-order chi connectivity index (χ0) is 18.4. The van der Waals surface area contributed by atoms with Crippen LogP contribution in [0.2, 0.25) is 5.02 Å². The molecule has 0 saturated heterocycles. The number of thioether (sulfide) groups is 1. The van der Waals surface area contributed by atoms with Crippen LogP contribution in [0.15, 0.2) is 58.2 Å². The van der Waals surface area contributed by atoms with Crippen molar-refractivity contribution < 1.29 is 13.9 Å². The van der Waals surface area contributed by atoms with Gasteiger partial charge in [0, 0.05) is 16.3 Å². The quantitative estimate of drug-likeness (QED) is 0.598. The average Bonchev–Trinajstić information content (AvgIpc) is 3.11. The number of carbonyl (C=O) groups is 1. The monoisotopic (exact) mass is 389 g/mol. The van der Waals surface area contributed by atoms with Crippen molar-refractivity contribution in [2.24, 2.45) is 0 Å². The highest BCUT2D eigenvalue weighted by Crippen LogP contribution is 2.24. The maximum Gasteiger partial charge on any atom is 0.277 e. The molecule has 1 aromatic heterocycles. The number of nitrogens with zero attached hydrogens (tertiary/aromatic N) is 2. The number of nitrogens with one attached hydrogen (secondary N) is 1. The molecule has 0 fully saturated rings. The molecule has 3 rings (SSSR count). The number of amides is 1. The Morgan fingerprint density at radius 3 is 2.58 bits per heavy atom. The van der Waals surface area contributed by atoms with Crippen LogP contribution in [0.25, 0.3) is 11.5 Å². The van der Waals surface area contributed by atoms with Crippen molar-refractivity contribution in [1.29, 1.82) is 0 Å². The minimum atomic E-state index is -0.162. The highest BCUT2D eigenvalue weighted by Gasteiger charge is 2.11. The molecular weight excluding hydrogens is 374 g/mol. The molecule has 1 heterocycles. The SMILES string of the molecule is CCOc1ccc(NC(=O)CSc2nnc(-c3ccc(Cl)cc3)o2)cc1. The molecule has 3 aromatic rings. The lowest BCUT2D eigenvalue weighted by atomic mass is 10.2. The van der Waals surface area contributed by atoms with Gasteiger partial charge in [0.05, 0.1) is 12.4 Å². The van der Waals surface area contributed by atoms with Gasteiger partial charge in [0.1, 0.15) is 5.75 Å². The predicted molar refractivity (Wildman–Crippen MR) is 102 cm³/mol. The number of aromatic nitrogens is 2. The van der Waals surface area contributed by atoms with Crippen molar-refractivity contribution in [1.82, 2.24) is 10.2 Å². The first-order valence-corrected chi connectivity index (χ1v) is 9.25. The molecule has 0 aliphatic rings. The van der Waals surface area contributed by atoms with E-state index in [0.717, 1.165) is 11.3 Å². The van der Waals surface area contributed by atoms with Crippen LogP contribution in [0.4, 0.5) is 5.69 Å². The molecule has 1 amide bonds. The summed E-state index contributed by atoms with van der Waals surface area (Å²) >= 11 is 7.03. The summed E-state index contributed by atoms with van der Waals surface area (Å²) in [6.07, 6.45) is 0. The minimum absolute atomic E-state index is 0.162. The van der Waals surface area contributed by atoms with Gasteiger partial charge >= 0.3 is 0 Å². The topological polar surface area (TPSA) is 77.2 Å². The minimum Gasteiger partial charge on any atom is -0.494 e. The molecular formula is C18H16ClN3O3S. The van der Waals surface area contributed by atoms with Gasteiger partial charge in [0.2, 0.25) is 11.8 Å². The van der Waals surface area contributed by atoms with Gasteiger partial charge in [-0.3, -0.25) is 4.79 Å². The number of hydrogen-bond acceptors (Lipinski definition) is 6. The second-order valence-electron chi connectivity index (χ2n) is 5.17. The van der Waals surface area contributed by atoms with Crippen molar-refractivity contribution in [3.63, 3.8) is 0 Å². The molecule has 0 radical (unpaired) electrons. The number of benzene rings is 2. The van der Waals surface area contributed by atoms with Crippen molar-refractivity contribution in [2.75, 3.05) is 17.7 Å². The van der Waals surface area contributed by atoms with Gasteiger partial charge < -0.3 is 14.5 Å². The maximum atomic E-state index is 12.0. The Bertz CT molecular complexity index is 866. The van der Waals surface area contributed by atoms with Gasteiger partial charge in [-0.2, -0.15) is 0 Å². The van der Waals surface area contributed by atoms with E-state index in [2.05, 4.69) is 15.5 Å². The first-order chi connectivity index (χ1) is 12.6. The summed E-state index contributed by atoms with van der Waals surface area (Å²) in [4.78, 5) is 12.0. The van der Waals surface area contributed by atoms with E-state index in [1.54, 1.807) is 36.4 Å². The van der Waals surface area contributed by atoms with Crippen molar-refractivity contribution in [2.45, 2.75) is 12.1 Å². The largest absolute Gasteiger partial charge is 0.494 e. The molecule has 0 saturated carbocycles. The van der Waals surface area contributed by atoms with Crippen molar-refractivity contribution in [3.8, 4) is 17.2 Å². The number of hydrogen-bond donors (Lipinski definition) is 1. The van der Waals surface area contributed by atoms with E-state index in [1.165, 1.54) is 11.8 Å². The van der Waals surface area contributed by atoms with E-state index >= 15 is 0 Å². The molecule has 0 aliphatic carbocycles. The molecule has 1 N–H and O–H groups in total. The summed E-state index contributed by atoms with van der Waals surface area (Å²) in [5.41, 5.74) is 1.47. The first-order valence-electron chi connectivity index (χ1n) is 7.89. The van der Waals surface area contributed by atoms with Crippen LogP contribution in [0.1, 0.15) is 6.92 Å². The van der Waals surface area contributed by atoms with Gasteiger partial charge in [0.25, 0.3) is 5.22 Å². The van der Waals surface area contributed by atoms with E-state index in [9.17, 15) is 4.79 Å². The third kappa shape index (κ3) is 5.00. The van der Waals surface area contributed by atoms with Crippen molar-refractivity contribution in [3.05, 3.63) is 53.6 Å². The fourth-order valence-corrected chi connectivity index (χ4v) is 2.79. The van der Waals surface area contributed by atoms with Crippen LogP contribution in [0, 0.1) is 0 Å². The van der Waals surface area contributed by atoms with Gasteiger partial charge in [-0.15, -0.1) is 10.2 Å². The summed E-state index contributed by atoms with van der Waals surface area (Å²) in [5.74, 6) is 1.15. The van der Waals surface area contributed by atoms with E-state index in [-0.39, 0.29) is 11.7 Å². The molecule has 0 unspecified atom stereocenters. The zero-order valence-electron chi connectivity index (χ0n) is 13.9. The Morgan fingerprint density at radius 1 is 1.15 bits per heavy atom. The van der Waals surface area contributed by atoms with Gasteiger partial charge in [-0.25, -0.2) is 0 Å². The number of halogens is 1. The fraction of sp³-hybridized carbons (Fsp3) is 0.167. The van der Waals surface area contributed by atoms with Crippen LogP contribution in [0.5, 0.6) is 5.75 Å². The molecule has 0 aliphatic heterocycles. The standard InChI is InChI=1S/C18H16ClN3O3S/c1-2-24-15-9-7-14(8-10-15)20-16(23)11-26-18-22-21-17(25-18)12-3-5-13(19)6-4-12/h3-10H,2,11H2,1H3,(H,20,23). The highest BCUT2D eigenvalue weighted by molar-refractivity contribution is 7.99. The Labute approximate surface area is 159 Å². The molecule has 0 spiro atoms. The summed E-state index contributed by atoms with van der Waals surface area (Å²) in [6.45, 7) is 2.52. The first kappa shape index (κ1) is 18.3. The Hall–Kier alpha value is -2.51. The lowest BCUT2D eigenvalue weighted by molar-refractivity contribution is -0.113. The van der Waals surface area contributed by atoms with Gasteiger partial charge in [-0.1, -0.05) is 23.4 Å². The number of ether oxygens (including phenoxy) is 1. The van der Waals surface area contributed by atoms with Gasteiger partial charge in [0.15, 0.2) is 0 Å². The molecule has 8 heteroatoms. The second kappa shape index (κ2) is 8.73. The van der Waals surface area contributed by atoms with Gasteiger partial charge in [-0.05, 0) is 55.5 Å². The summed E-state index contributed by atoms with van der Waals surface area (Å²) < 4.78 is 10.9. The number of carbonyl (C=O) groups excluding carboxylic acids is 1. The second-order valence-corrected chi connectivity index (χ2v) is 6.54. The highest BCUT2D eigenvalue weighted by atomic mass is 35.5. The smallest absolute Gasteiger partial charge is 0.277 e. The summed E-state index contributed by atoms with van der Waals surface area (Å²) in [7, 11) is 0. The van der Waals surface area contributed by atoms with Crippen LogP contribution in [-0.4, -0.2) is 28.5 Å². The Morgan fingerprint density at radius 2 is 1.88 bits per heavy atom. The molecule has 134 valence electrons. The predicted octanol–water partition coefficient (Wildman–Crippen LogP) is 4.52. The zero-order valence-corrected chi connectivity index (χ0v) is 15.5. The van der Waals surface area contributed by atoms with Crippen molar-refractivity contribution >= 4 is 35.0 Å². The maximum absolute atomic E-state index is 12.0. The average molecular weight is 390 g/mol. The van der Waals surface area contributed by atoms with Crippen LogP contribution in [-0.2, 0) is 4.79 Å². The van der Waals surface area contributed by atoms with E-state index in [0.29, 0.717) is 28.4 Å². The van der Waals surface area contributed by atoms with E-state index in [4.69, 9.17) is 20.8 Å². The third-order valence-corrected chi connectivity index (χ3v) is 4.34. The Kier molecular flexibility index (Phi) is 6.14.